The van der Waals surface area contributed by atoms with Crippen molar-refractivity contribution in [2.24, 2.45) is 0 Å². The molecular weight excluding hydrogens is 246 g/mol. The summed E-state index contributed by atoms with van der Waals surface area (Å²) in [5, 5.41) is 21.8. The fourth-order valence-electron chi connectivity index (χ4n) is 1.72. The van der Waals surface area contributed by atoms with Gasteiger partial charge in [0.15, 0.2) is 11.5 Å². The summed E-state index contributed by atoms with van der Waals surface area (Å²) in [7, 11) is 1.60. The van der Waals surface area contributed by atoms with E-state index in [4.69, 9.17) is 14.6 Å². The number of hydrogen-bond acceptors (Lipinski definition) is 5. The Morgan fingerprint density at radius 1 is 1.37 bits per heavy atom. The van der Waals surface area contributed by atoms with Crippen LogP contribution in [0.15, 0.2) is 18.2 Å². The Kier molecular flexibility index (Phi) is 6.08. The van der Waals surface area contributed by atoms with Crippen molar-refractivity contribution in [2.75, 3.05) is 26.9 Å². The summed E-state index contributed by atoms with van der Waals surface area (Å²) in [6, 6.07) is 5.69. The van der Waals surface area contributed by atoms with Crippen molar-refractivity contribution in [1.82, 2.24) is 5.32 Å². The van der Waals surface area contributed by atoms with Crippen molar-refractivity contribution in [3.8, 4) is 11.5 Å². The molecule has 0 aromatic heterocycles. The molecule has 0 radical (unpaired) electrons. The van der Waals surface area contributed by atoms with Gasteiger partial charge in [0.25, 0.3) is 0 Å². The minimum Gasteiger partial charge on any atom is -0.493 e. The average molecular weight is 269 g/mol. The second kappa shape index (κ2) is 7.33. The molecule has 1 aromatic carbocycles. The van der Waals surface area contributed by atoms with Gasteiger partial charge < -0.3 is 25.0 Å². The van der Waals surface area contributed by atoms with Gasteiger partial charge in [-0.2, -0.15) is 0 Å². The van der Waals surface area contributed by atoms with Gasteiger partial charge in [-0.15, -0.1) is 0 Å². The minimum atomic E-state index is -1.12. The SMILES string of the molecule is CCOc1cccc(CNCC(C)(O)CO)c1OC. The summed E-state index contributed by atoms with van der Waals surface area (Å²) in [5.41, 5.74) is -0.174. The van der Waals surface area contributed by atoms with Gasteiger partial charge in [-0.05, 0) is 19.9 Å². The lowest BCUT2D eigenvalue weighted by molar-refractivity contribution is 0.00250. The zero-order chi connectivity index (χ0) is 14.3. The molecule has 0 bridgehead atoms. The molecule has 1 unspecified atom stereocenters. The van der Waals surface area contributed by atoms with E-state index in [1.54, 1.807) is 14.0 Å². The first kappa shape index (κ1) is 15.8. The van der Waals surface area contributed by atoms with Crippen molar-refractivity contribution in [2.45, 2.75) is 26.0 Å². The highest BCUT2D eigenvalue weighted by molar-refractivity contribution is 5.46. The maximum absolute atomic E-state index is 9.70. The van der Waals surface area contributed by atoms with Crippen molar-refractivity contribution in [1.29, 1.82) is 0 Å². The monoisotopic (exact) mass is 269 g/mol. The number of benzene rings is 1. The Bertz CT molecular complexity index is 393. The number of methoxy groups -OCH3 is 1. The van der Waals surface area contributed by atoms with Crippen LogP contribution in [0.1, 0.15) is 19.4 Å². The number of aliphatic hydroxyl groups excluding tert-OH is 1. The minimum absolute atomic E-state index is 0.282. The number of aliphatic hydroxyl groups is 2. The van der Waals surface area contributed by atoms with Gasteiger partial charge in [-0.25, -0.2) is 0 Å². The summed E-state index contributed by atoms with van der Waals surface area (Å²) in [5.74, 6) is 1.40. The van der Waals surface area contributed by atoms with Crippen LogP contribution in [0.3, 0.4) is 0 Å². The molecule has 0 saturated heterocycles. The Balaban J connectivity index is 2.70. The lowest BCUT2D eigenvalue weighted by Gasteiger charge is -2.21. The molecule has 3 N–H and O–H groups in total. The van der Waals surface area contributed by atoms with Gasteiger partial charge in [0.05, 0.1) is 25.9 Å². The zero-order valence-electron chi connectivity index (χ0n) is 11.8. The van der Waals surface area contributed by atoms with Crippen molar-refractivity contribution in [3.63, 3.8) is 0 Å². The zero-order valence-corrected chi connectivity index (χ0v) is 11.8. The third kappa shape index (κ3) is 4.70. The normalized spacial score (nSPS) is 13.9. The fraction of sp³-hybridized carbons (Fsp3) is 0.571. The van der Waals surface area contributed by atoms with Crippen molar-refractivity contribution in [3.05, 3.63) is 23.8 Å². The topological polar surface area (TPSA) is 71.0 Å². The highest BCUT2D eigenvalue weighted by Crippen LogP contribution is 2.30. The summed E-state index contributed by atoms with van der Waals surface area (Å²) >= 11 is 0. The van der Waals surface area contributed by atoms with Gasteiger partial charge in [0, 0.05) is 18.7 Å². The van der Waals surface area contributed by atoms with E-state index in [-0.39, 0.29) is 6.61 Å². The van der Waals surface area contributed by atoms with Crippen molar-refractivity contribution < 1.29 is 19.7 Å². The first-order valence-electron chi connectivity index (χ1n) is 6.36. The lowest BCUT2D eigenvalue weighted by Crippen LogP contribution is -2.40. The fourth-order valence-corrected chi connectivity index (χ4v) is 1.72. The van der Waals surface area contributed by atoms with Crippen LogP contribution in [0, 0.1) is 0 Å². The van der Waals surface area contributed by atoms with Gasteiger partial charge in [0.1, 0.15) is 0 Å². The number of para-hydroxylation sites is 1. The Morgan fingerprint density at radius 2 is 2.11 bits per heavy atom. The van der Waals surface area contributed by atoms with E-state index in [9.17, 15) is 5.11 Å². The summed E-state index contributed by atoms with van der Waals surface area (Å²) < 4.78 is 10.9. The maximum Gasteiger partial charge on any atom is 0.165 e. The van der Waals surface area contributed by atoms with Gasteiger partial charge in [0.2, 0.25) is 0 Å². The number of hydrogen-bond donors (Lipinski definition) is 3. The first-order valence-corrected chi connectivity index (χ1v) is 6.36. The van der Waals surface area contributed by atoms with E-state index in [1.165, 1.54) is 0 Å². The van der Waals surface area contributed by atoms with E-state index >= 15 is 0 Å². The second-order valence-electron chi connectivity index (χ2n) is 4.64. The second-order valence-corrected chi connectivity index (χ2v) is 4.64. The van der Waals surface area contributed by atoms with Crippen LogP contribution in [0.25, 0.3) is 0 Å². The number of rotatable bonds is 8. The van der Waals surface area contributed by atoms with E-state index in [1.807, 2.05) is 25.1 Å². The molecular formula is C14H23NO4. The molecule has 0 aliphatic carbocycles. The largest absolute Gasteiger partial charge is 0.493 e. The Morgan fingerprint density at radius 3 is 2.68 bits per heavy atom. The first-order chi connectivity index (χ1) is 9.04. The van der Waals surface area contributed by atoms with Gasteiger partial charge in [-0.1, -0.05) is 12.1 Å². The van der Waals surface area contributed by atoms with Crippen LogP contribution in [0.2, 0.25) is 0 Å². The number of nitrogens with one attached hydrogen (secondary N) is 1. The summed E-state index contributed by atoms with van der Waals surface area (Å²) in [6.07, 6.45) is 0. The third-order valence-corrected chi connectivity index (χ3v) is 2.73. The quantitative estimate of drug-likeness (QED) is 0.655. The molecule has 5 heteroatoms. The van der Waals surface area contributed by atoms with Crippen LogP contribution in [-0.2, 0) is 6.54 Å². The number of ether oxygens (including phenoxy) is 2. The summed E-state index contributed by atoms with van der Waals surface area (Å²) in [4.78, 5) is 0. The molecule has 0 aliphatic rings. The highest BCUT2D eigenvalue weighted by atomic mass is 16.5. The molecule has 0 fully saturated rings. The predicted octanol–water partition coefficient (Wildman–Crippen LogP) is 0.927. The van der Waals surface area contributed by atoms with E-state index in [2.05, 4.69) is 5.32 Å². The van der Waals surface area contributed by atoms with Crippen LogP contribution < -0.4 is 14.8 Å². The Hall–Kier alpha value is -1.30. The predicted molar refractivity (Wildman–Crippen MR) is 73.6 cm³/mol. The molecule has 1 aromatic rings. The van der Waals surface area contributed by atoms with Crippen LogP contribution in [-0.4, -0.2) is 42.7 Å². The average Bonchev–Trinajstić information content (AvgIpc) is 2.39. The standard InChI is InChI=1S/C14H23NO4/c1-4-19-12-7-5-6-11(13(12)18-3)8-15-9-14(2,17)10-16/h5-7,15-17H,4,8-10H2,1-3H3. The Labute approximate surface area is 114 Å². The molecule has 1 rings (SSSR count). The molecule has 0 saturated carbocycles. The van der Waals surface area contributed by atoms with E-state index in [0.717, 1.165) is 5.56 Å². The molecule has 0 heterocycles. The van der Waals surface area contributed by atoms with Crippen molar-refractivity contribution >= 4 is 0 Å². The third-order valence-electron chi connectivity index (χ3n) is 2.73. The molecule has 19 heavy (non-hydrogen) atoms. The summed E-state index contributed by atoms with van der Waals surface area (Å²) in [6.45, 7) is 4.62. The van der Waals surface area contributed by atoms with Gasteiger partial charge in [-0.3, -0.25) is 0 Å². The molecule has 0 spiro atoms. The molecule has 0 amide bonds. The molecule has 108 valence electrons. The van der Waals surface area contributed by atoms with Gasteiger partial charge >= 0.3 is 0 Å². The van der Waals surface area contributed by atoms with Crippen LogP contribution >= 0.6 is 0 Å². The molecule has 1 atom stereocenters. The van der Waals surface area contributed by atoms with E-state index < -0.39 is 5.60 Å². The van der Waals surface area contributed by atoms with Crippen LogP contribution in [0.4, 0.5) is 0 Å². The maximum atomic E-state index is 9.70. The van der Waals surface area contributed by atoms with E-state index in [0.29, 0.717) is 31.2 Å². The lowest BCUT2D eigenvalue weighted by atomic mass is 10.1. The smallest absolute Gasteiger partial charge is 0.165 e. The van der Waals surface area contributed by atoms with Crippen LogP contribution in [0.5, 0.6) is 11.5 Å². The molecule has 0 aliphatic heterocycles. The highest BCUT2D eigenvalue weighted by Gasteiger charge is 2.18. The molecule has 5 nitrogen and oxygen atoms in total.